The van der Waals surface area contributed by atoms with E-state index in [9.17, 15) is 4.79 Å². The van der Waals surface area contributed by atoms with E-state index in [1.165, 1.54) is 0 Å². The fourth-order valence-electron chi connectivity index (χ4n) is 2.52. The van der Waals surface area contributed by atoms with E-state index in [1.54, 1.807) is 6.07 Å². The van der Waals surface area contributed by atoms with Crippen LogP contribution >= 0.6 is 27.5 Å². The third-order valence-electron chi connectivity index (χ3n) is 3.88. The highest BCUT2D eigenvalue weighted by atomic mass is 79.9. The summed E-state index contributed by atoms with van der Waals surface area (Å²) in [5, 5.41) is 0.711. The first kappa shape index (κ1) is 14.9. The van der Waals surface area contributed by atoms with Gasteiger partial charge >= 0.3 is 0 Å². The summed E-state index contributed by atoms with van der Waals surface area (Å²) in [4.78, 5) is 14.9. The van der Waals surface area contributed by atoms with Crippen LogP contribution in [0.1, 0.15) is 35.7 Å². The number of halogens is 2. The Balaban J connectivity index is 2.03. The van der Waals surface area contributed by atoms with Gasteiger partial charge in [0.1, 0.15) is 0 Å². The Morgan fingerprint density at radius 2 is 2.05 bits per heavy atom. The summed E-state index contributed by atoms with van der Waals surface area (Å²) in [7, 11) is 0. The van der Waals surface area contributed by atoms with Crippen molar-refractivity contribution in [1.82, 2.24) is 4.90 Å². The SMILES string of the molecule is Cc1cc(C(=O)N2CCC(C(C)Br)CC2)ccc1Cl. The first-order valence-corrected chi connectivity index (χ1v) is 7.98. The van der Waals surface area contributed by atoms with E-state index < -0.39 is 0 Å². The highest BCUT2D eigenvalue weighted by Gasteiger charge is 2.25. The van der Waals surface area contributed by atoms with Gasteiger partial charge in [-0.05, 0) is 49.4 Å². The molecule has 0 N–H and O–H groups in total. The molecule has 1 atom stereocenters. The molecule has 1 fully saturated rings. The summed E-state index contributed by atoms with van der Waals surface area (Å²) in [6.07, 6.45) is 2.15. The van der Waals surface area contributed by atoms with E-state index in [0.29, 0.717) is 15.8 Å². The number of piperidine rings is 1. The van der Waals surface area contributed by atoms with Crippen molar-refractivity contribution in [2.75, 3.05) is 13.1 Å². The number of rotatable bonds is 2. The third kappa shape index (κ3) is 3.51. The van der Waals surface area contributed by atoms with Gasteiger partial charge in [0.15, 0.2) is 0 Å². The lowest BCUT2D eigenvalue weighted by Crippen LogP contribution is -2.39. The summed E-state index contributed by atoms with van der Waals surface area (Å²) < 4.78 is 0. The zero-order valence-electron chi connectivity index (χ0n) is 11.3. The van der Waals surface area contributed by atoms with Crippen molar-refractivity contribution in [1.29, 1.82) is 0 Å². The molecule has 2 nitrogen and oxygen atoms in total. The molecule has 0 spiro atoms. The van der Waals surface area contributed by atoms with Crippen molar-refractivity contribution in [3.8, 4) is 0 Å². The van der Waals surface area contributed by atoms with Crippen LogP contribution in [-0.2, 0) is 0 Å². The molecule has 4 heteroatoms. The van der Waals surface area contributed by atoms with Crippen LogP contribution in [0, 0.1) is 12.8 Å². The van der Waals surface area contributed by atoms with Crippen molar-refractivity contribution in [2.24, 2.45) is 5.92 Å². The largest absolute Gasteiger partial charge is 0.339 e. The van der Waals surface area contributed by atoms with Crippen LogP contribution in [0.2, 0.25) is 5.02 Å². The Bertz CT molecular complexity index is 467. The Labute approximate surface area is 128 Å². The maximum Gasteiger partial charge on any atom is 0.253 e. The van der Waals surface area contributed by atoms with Crippen LogP contribution in [-0.4, -0.2) is 28.7 Å². The predicted molar refractivity (Wildman–Crippen MR) is 83.2 cm³/mol. The quantitative estimate of drug-likeness (QED) is 0.733. The fraction of sp³-hybridized carbons (Fsp3) is 0.533. The van der Waals surface area contributed by atoms with Crippen molar-refractivity contribution in [3.05, 3.63) is 34.3 Å². The number of nitrogens with zero attached hydrogens (tertiary/aromatic N) is 1. The first-order valence-electron chi connectivity index (χ1n) is 6.68. The molecule has 0 bridgehead atoms. The molecular weight excluding hydrogens is 326 g/mol. The molecule has 2 rings (SSSR count). The standard InChI is InChI=1S/C15H19BrClNO/c1-10-9-13(3-4-14(10)17)15(19)18-7-5-12(6-8-18)11(2)16/h3-4,9,11-12H,5-8H2,1-2H3. The van der Waals surface area contributed by atoms with Crippen LogP contribution in [0.15, 0.2) is 18.2 Å². The Morgan fingerprint density at radius 1 is 1.42 bits per heavy atom. The van der Waals surface area contributed by atoms with Crippen LogP contribution < -0.4 is 0 Å². The number of hydrogen-bond acceptors (Lipinski definition) is 1. The van der Waals surface area contributed by atoms with Crippen LogP contribution in [0.3, 0.4) is 0 Å². The van der Waals surface area contributed by atoms with Crippen LogP contribution in [0.5, 0.6) is 0 Å². The molecule has 1 aliphatic heterocycles. The number of carbonyl (C=O) groups is 1. The molecule has 1 saturated heterocycles. The first-order chi connectivity index (χ1) is 8.99. The van der Waals surface area contributed by atoms with E-state index in [1.807, 2.05) is 24.0 Å². The summed E-state index contributed by atoms with van der Waals surface area (Å²) in [5.74, 6) is 0.802. The second-order valence-electron chi connectivity index (χ2n) is 5.27. The van der Waals surface area contributed by atoms with Crippen molar-refractivity contribution >= 4 is 33.4 Å². The van der Waals surface area contributed by atoms with E-state index in [2.05, 4.69) is 22.9 Å². The third-order valence-corrected chi connectivity index (χ3v) is 5.05. The normalized spacial score (nSPS) is 18.4. The highest BCUT2D eigenvalue weighted by molar-refractivity contribution is 9.09. The number of alkyl halides is 1. The Morgan fingerprint density at radius 3 is 2.58 bits per heavy atom. The zero-order valence-corrected chi connectivity index (χ0v) is 13.7. The number of carbonyl (C=O) groups excluding carboxylic acids is 1. The molecule has 19 heavy (non-hydrogen) atoms. The van der Waals surface area contributed by atoms with Crippen molar-refractivity contribution < 1.29 is 4.79 Å². The summed E-state index contributed by atoms with van der Waals surface area (Å²) >= 11 is 9.63. The summed E-state index contributed by atoms with van der Waals surface area (Å²) in [6, 6.07) is 5.50. The van der Waals surface area contributed by atoms with Crippen LogP contribution in [0.4, 0.5) is 0 Å². The van der Waals surface area contributed by atoms with Crippen molar-refractivity contribution in [3.63, 3.8) is 0 Å². The number of likely N-dealkylation sites (tertiary alicyclic amines) is 1. The molecule has 0 aromatic heterocycles. The molecule has 1 aromatic rings. The number of hydrogen-bond donors (Lipinski definition) is 0. The van der Waals surface area contributed by atoms with Gasteiger partial charge in [0.2, 0.25) is 0 Å². The van der Waals surface area contributed by atoms with E-state index in [0.717, 1.165) is 37.1 Å². The minimum atomic E-state index is 0.125. The van der Waals surface area contributed by atoms with E-state index >= 15 is 0 Å². The Kier molecular flexibility index (Phi) is 4.91. The van der Waals surface area contributed by atoms with Gasteiger partial charge in [0.05, 0.1) is 0 Å². The van der Waals surface area contributed by atoms with Gasteiger partial charge in [0.25, 0.3) is 5.91 Å². The summed E-state index contributed by atoms with van der Waals surface area (Å²) in [5.41, 5.74) is 1.70. The molecular formula is C15H19BrClNO. The van der Waals surface area contributed by atoms with Gasteiger partial charge in [-0.15, -0.1) is 0 Å². The molecule has 0 saturated carbocycles. The zero-order chi connectivity index (χ0) is 14.0. The van der Waals surface area contributed by atoms with Gasteiger partial charge in [-0.1, -0.05) is 34.5 Å². The molecule has 104 valence electrons. The van der Waals surface area contributed by atoms with E-state index in [4.69, 9.17) is 11.6 Å². The monoisotopic (exact) mass is 343 g/mol. The van der Waals surface area contributed by atoms with Gasteiger partial charge in [-0.25, -0.2) is 0 Å². The molecule has 1 heterocycles. The van der Waals surface area contributed by atoms with Gasteiger partial charge in [-0.3, -0.25) is 4.79 Å². The molecule has 1 aromatic carbocycles. The molecule has 0 aliphatic carbocycles. The maximum absolute atomic E-state index is 12.4. The topological polar surface area (TPSA) is 20.3 Å². The van der Waals surface area contributed by atoms with E-state index in [-0.39, 0.29) is 5.91 Å². The fourth-order valence-corrected chi connectivity index (χ4v) is 3.17. The molecule has 1 unspecified atom stereocenters. The molecule has 0 radical (unpaired) electrons. The Hall–Kier alpha value is -0.540. The lowest BCUT2D eigenvalue weighted by Gasteiger charge is -2.33. The number of aryl methyl sites for hydroxylation is 1. The van der Waals surface area contributed by atoms with Gasteiger partial charge in [0, 0.05) is 28.5 Å². The second-order valence-corrected chi connectivity index (χ2v) is 7.12. The molecule has 1 aliphatic rings. The average molecular weight is 345 g/mol. The second kappa shape index (κ2) is 6.27. The maximum atomic E-state index is 12.4. The lowest BCUT2D eigenvalue weighted by atomic mass is 9.94. The van der Waals surface area contributed by atoms with Crippen LogP contribution in [0.25, 0.3) is 0 Å². The highest BCUT2D eigenvalue weighted by Crippen LogP contribution is 2.26. The number of benzene rings is 1. The summed E-state index contributed by atoms with van der Waals surface area (Å²) in [6.45, 7) is 5.81. The molecule has 1 amide bonds. The number of amides is 1. The minimum Gasteiger partial charge on any atom is -0.339 e. The van der Waals surface area contributed by atoms with Gasteiger partial charge < -0.3 is 4.90 Å². The predicted octanol–water partition coefficient (Wildman–Crippen LogP) is 4.28. The van der Waals surface area contributed by atoms with Crippen molar-refractivity contribution in [2.45, 2.75) is 31.5 Å². The average Bonchev–Trinajstić information content (AvgIpc) is 2.41. The lowest BCUT2D eigenvalue weighted by molar-refractivity contribution is 0.0691. The smallest absolute Gasteiger partial charge is 0.253 e. The minimum absolute atomic E-state index is 0.125. The van der Waals surface area contributed by atoms with Gasteiger partial charge in [-0.2, -0.15) is 0 Å².